The molecule has 1 amide bonds. The number of halogens is 3. The zero-order chi connectivity index (χ0) is 23.5. The van der Waals surface area contributed by atoms with E-state index in [1.165, 1.54) is 24.5 Å². The van der Waals surface area contributed by atoms with Crippen molar-refractivity contribution in [2.24, 2.45) is 0 Å². The van der Waals surface area contributed by atoms with Gasteiger partial charge in [-0.1, -0.05) is 29.8 Å². The molecule has 1 saturated heterocycles. The SMILES string of the molecule is C=CC(=O)N1CCCC(c2cc3c(Nc4ccc(Cl)c(Cl)c4F)ncnc3cc2OCC)C1. The van der Waals surface area contributed by atoms with Crippen LogP contribution in [-0.4, -0.2) is 40.5 Å². The van der Waals surface area contributed by atoms with Crippen LogP contribution in [0.25, 0.3) is 10.9 Å². The van der Waals surface area contributed by atoms with Crippen LogP contribution in [-0.2, 0) is 4.79 Å². The van der Waals surface area contributed by atoms with Crippen molar-refractivity contribution in [2.75, 3.05) is 25.0 Å². The Hall–Kier alpha value is -2.90. The summed E-state index contributed by atoms with van der Waals surface area (Å²) in [6.45, 7) is 7.28. The van der Waals surface area contributed by atoms with Crippen LogP contribution in [0.1, 0.15) is 31.2 Å². The molecule has 1 aliphatic heterocycles. The van der Waals surface area contributed by atoms with Gasteiger partial charge in [0.15, 0.2) is 5.82 Å². The molecule has 4 rings (SSSR count). The number of benzene rings is 2. The van der Waals surface area contributed by atoms with Crippen LogP contribution in [0.5, 0.6) is 5.75 Å². The van der Waals surface area contributed by atoms with Crippen LogP contribution in [0.15, 0.2) is 43.2 Å². The number of ether oxygens (including phenoxy) is 1. The van der Waals surface area contributed by atoms with E-state index >= 15 is 0 Å². The van der Waals surface area contributed by atoms with Crippen LogP contribution in [0.4, 0.5) is 15.9 Å². The van der Waals surface area contributed by atoms with E-state index in [4.69, 9.17) is 27.9 Å². The van der Waals surface area contributed by atoms with Crippen LogP contribution >= 0.6 is 23.2 Å². The molecule has 1 fully saturated rings. The number of hydrogen-bond acceptors (Lipinski definition) is 5. The number of nitrogens with one attached hydrogen (secondary N) is 1. The fraction of sp³-hybridized carbons (Fsp3) is 0.292. The lowest BCUT2D eigenvalue weighted by Crippen LogP contribution is -2.38. The van der Waals surface area contributed by atoms with Gasteiger partial charge in [-0.05, 0) is 49.6 Å². The van der Waals surface area contributed by atoms with Gasteiger partial charge in [-0.15, -0.1) is 0 Å². The molecule has 1 atom stereocenters. The van der Waals surface area contributed by atoms with Crippen LogP contribution in [0.2, 0.25) is 10.0 Å². The topological polar surface area (TPSA) is 67.4 Å². The van der Waals surface area contributed by atoms with Gasteiger partial charge in [0.25, 0.3) is 0 Å². The Morgan fingerprint density at radius 1 is 1.36 bits per heavy atom. The molecule has 6 nitrogen and oxygen atoms in total. The minimum atomic E-state index is -0.659. The van der Waals surface area contributed by atoms with Crippen molar-refractivity contribution < 1.29 is 13.9 Å². The van der Waals surface area contributed by atoms with Gasteiger partial charge < -0.3 is 15.0 Å². The van der Waals surface area contributed by atoms with E-state index in [0.29, 0.717) is 42.2 Å². The maximum atomic E-state index is 14.6. The Bertz CT molecular complexity index is 1220. The number of amides is 1. The highest BCUT2D eigenvalue weighted by Crippen LogP contribution is 2.38. The summed E-state index contributed by atoms with van der Waals surface area (Å²) in [5, 5.41) is 3.69. The van der Waals surface area contributed by atoms with Crippen molar-refractivity contribution in [2.45, 2.75) is 25.7 Å². The second-order valence-electron chi connectivity index (χ2n) is 7.74. The van der Waals surface area contributed by atoms with Gasteiger partial charge in [0.1, 0.15) is 17.9 Å². The minimum Gasteiger partial charge on any atom is -0.494 e. The molecule has 172 valence electrons. The lowest BCUT2D eigenvalue weighted by molar-refractivity contribution is -0.127. The van der Waals surface area contributed by atoms with E-state index < -0.39 is 5.82 Å². The lowest BCUT2D eigenvalue weighted by Gasteiger charge is -2.33. The van der Waals surface area contributed by atoms with E-state index in [-0.39, 0.29) is 27.6 Å². The number of carbonyl (C=O) groups is 1. The third-order valence-electron chi connectivity index (χ3n) is 5.70. The number of fused-ring (bicyclic) bond motifs is 1. The molecular weight excluding hydrogens is 466 g/mol. The predicted molar refractivity (Wildman–Crippen MR) is 129 cm³/mol. The Labute approximate surface area is 201 Å². The summed E-state index contributed by atoms with van der Waals surface area (Å²) in [5.74, 6) is 0.472. The minimum absolute atomic E-state index is 0.0726. The molecule has 2 heterocycles. The van der Waals surface area contributed by atoms with Crippen molar-refractivity contribution in [3.8, 4) is 5.75 Å². The molecule has 1 N–H and O–H groups in total. The Balaban J connectivity index is 1.77. The van der Waals surface area contributed by atoms with Gasteiger partial charge in [-0.3, -0.25) is 4.79 Å². The summed E-state index contributed by atoms with van der Waals surface area (Å²) in [6.07, 6.45) is 4.53. The quantitative estimate of drug-likeness (QED) is 0.334. The molecular formula is C24H23Cl2FN4O2. The second kappa shape index (κ2) is 9.93. The van der Waals surface area contributed by atoms with Gasteiger partial charge in [-0.25, -0.2) is 14.4 Å². The fourth-order valence-corrected chi connectivity index (χ4v) is 4.42. The molecule has 3 aromatic rings. The largest absolute Gasteiger partial charge is 0.494 e. The standard InChI is InChI=1S/C24H23Cl2FN4O2/c1-3-21(32)31-9-5-6-14(12-31)15-10-16-19(11-20(15)33-4-2)28-13-29-24(16)30-18-8-7-17(25)22(26)23(18)27/h3,7-8,10-11,13-14H,1,4-6,9,12H2,2H3,(H,28,29,30). The first-order valence-electron chi connectivity index (χ1n) is 10.7. The Morgan fingerprint density at radius 2 is 2.18 bits per heavy atom. The van der Waals surface area contributed by atoms with E-state index in [2.05, 4.69) is 21.9 Å². The number of carbonyl (C=O) groups excluding carboxylic acids is 1. The number of likely N-dealkylation sites (tertiary alicyclic amines) is 1. The van der Waals surface area contributed by atoms with Crippen molar-refractivity contribution >= 4 is 51.5 Å². The molecule has 1 unspecified atom stereocenters. The van der Waals surface area contributed by atoms with E-state index in [1.807, 2.05) is 19.1 Å². The highest BCUT2D eigenvalue weighted by molar-refractivity contribution is 6.42. The van der Waals surface area contributed by atoms with Crippen molar-refractivity contribution in [3.63, 3.8) is 0 Å². The Morgan fingerprint density at radius 3 is 2.94 bits per heavy atom. The smallest absolute Gasteiger partial charge is 0.245 e. The highest BCUT2D eigenvalue weighted by atomic mass is 35.5. The lowest BCUT2D eigenvalue weighted by atomic mass is 9.89. The fourth-order valence-electron chi connectivity index (χ4n) is 4.11. The summed E-state index contributed by atoms with van der Waals surface area (Å²) >= 11 is 11.9. The van der Waals surface area contributed by atoms with Gasteiger partial charge in [-0.2, -0.15) is 0 Å². The molecule has 1 aromatic heterocycles. The van der Waals surface area contributed by atoms with Crippen LogP contribution in [0, 0.1) is 5.82 Å². The zero-order valence-corrected chi connectivity index (χ0v) is 19.6. The first-order chi connectivity index (χ1) is 15.9. The van der Waals surface area contributed by atoms with Gasteiger partial charge in [0.2, 0.25) is 5.91 Å². The molecule has 9 heteroatoms. The summed E-state index contributed by atoms with van der Waals surface area (Å²) < 4.78 is 20.6. The summed E-state index contributed by atoms with van der Waals surface area (Å²) in [5.41, 5.74) is 1.76. The molecule has 0 bridgehead atoms. The zero-order valence-electron chi connectivity index (χ0n) is 18.1. The maximum Gasteiger partial charge on any atom is 0.245 e. The number of piperidine rings is 1. The van der Waals surface area contributed by atoms with Crippen molar-refractivity contribution in [1.82, 2.24) is 14.9 Å². The average Bonchev–Trinajstić information content (AvgIpc) is 2.84. The van der Waals surface area contributed by atoms with Gasteiger partial charge in [0, 0.05) is 30.5 Å². The van der Waals surface area contributed by atoms with E-state index in [0.717, 1.165) is 18.4 Å². The van der Waals surface area contributed by atoms with Crippen LogP contribution < -0.4 is 10.1 Å². The Kier molecular flexibility index (Phi) is 7.00. The first kappa shape index (κ1) is 23.3. The molecule has 2 aromatic carbocycles. The molecule has 0 saturated carbocycles. The first-order valence-corrected chi connectivity index (χ1v) is 11.4. The normalized spacial score (nSPS) is 16.0. The third-order valence-corrected chi connectivity index (χ3v) is 6.48. The number of aromatic nitrogens is 2. The molecule has 0 spiro atoms. The van der Waals surface area contributed by atoms with Crippen molar-refractivity contribution in [1.29, 1.82) is 0 Å². The maximum absolute atomic E-state index is 14.6. The van der Waals surface area contributed by atoms with Crippen molar-refractivity contribution in [3.05, 3.63) is 64.7 Å². The van der Waals surface area contributed by atoms with E-state index in [1.54, 1.807) is 4.90 Å². The third kappa shape index (κ3) is 4.75. The molecule has 33 heavy (non-hydrogen) atoms. The average molecular weight is 489 g/mol. The highest BCUT2D eigenvalue weighted by Gasteiger charge is 2.27. The molecule has 1 aliphatic rings. The molecule has 0 radical (unpaired) electrons. The van der Waals surface area contributed by atoms with Gasteiger partial charge >= 0.3 is 0 Å². The second-order valence-corrected chi connectivity index (χ2v) is 8.52. The number of hydrogen-bond donors (Lipinski definition) is 1. The predicted octanol–water partition coefficient (Wildman–Crippen LogP) is 6.11. The van der Waals surface area contributed by atoms with E-state index in [9.17, 15) is 9.18 Å². The van der Waals surface area contributed by atoms with Crippen LogP contribution in [0.3, 0.4) is 0 Å². The summed E-state index contributed by atoms with van der Waals surface area (Å²) in [6, 6.07) is 6.85. The number of anilines is 2. The van der Waals surface area contributed by atoms with Gasteiger partial charge in [0.05, 0.1) is 27.9 Å². The summed E-state index contributed by atoms with van der Waals surface area (Å²) in [7, 11) is 0. The molecule has 0 aliphatic carbocycles. The number of rotatable bonds is 6. The number of nitrogens with zero attached hydrogens (tertiary/aromatic N) is 3. The summed E-state index contributed by atoms with van der Waals surface area (Å²) in [4.78, 5) is 22.7. The monoisotopic (exact) mass is 488 g/mol.